The maximum absolute atomic E-state index is 11.9. The zero-order chi connectivity index (χ0) is 15.0. The van der Waals surface area contributed by atoms with Crippen LogP contribution in [0.15, 0.2) is 24.3 Å². The quantitative estimate of drug-likeness (QED) is 0.763. The number of hydrogen-bond acceptors (Lipinski definition) is 3. The summed E-state index contributed by atoms with van der Waals surface area (Å²) in [5.41, 5.74) is 1.99. The van der Waals surface area contributed by atoms with E-state index in [9.17, 15) is 9.59 Å². The maximum Gasteiger partial charge on any atom is 0.304 e. The largest absolute Gasteiger partial charge is 0.481 e. The van der Waals surface area contributed by atoms with Crippen LogP contribution in [0.3, 0.4) is 0 Å². The lowest BCUT2D eigenvalue weighted by Gasteiger charge is -2.18. The molecule has 5 heteroatoms. The van der Waals surface area contributed by atoms with E-state index >= 15 is 0 Å². The molecule has 0 saturated heterocycles. The van der Waals surface area contributed by atoms with E-state index in [0.717, 1.165) is 12.1 Å². The van der Waals surface area contributed by atoms with Crippen molar-refractivity contribution in [2.75, 3.05) is 25.0 Å². The normalized spacial score (nSPS) is 10.6. The highest BCUT2D eigenvalue weighted by atomic mass is 16.4. The van der Waals surface area contributed by atoms with Gasteiger partial charge in [-0.1, -0.05) is 26.0 Å². The average molecular weight is 278 g/mol. The van der Waals surface area contributed by atoms with Crippen molar-refractivity contribution in [2.24, 2.45) is 0 Å². The number of carbonyl (C=O) groups excluding carboxylic acids is 1. The van der Waals surface area contributed by atoms with Crippen LogP contribution in [-0.4, -0.2) is 41.5 Å². The monoisotopic (exact) mass is 278 g/mol. The van der Waals surface area contributed by atoms with Crippen molar-refractivity contribution in [1.82, 2.24) is 4.90 Å². The second kappa shape index (κ2) is 8.32. The second-order valence-corrected chi connectivity index (χ2v) is 4.61. The predicted octanol–water partition coefficient (Wildman–Crippen LogP) is 1.98. The fraction of sp³-hybridized carbons (Fsp3) is 0.467. The molecule has 0 radical (unpaired) electrons. The molecule has 0 atom stereocenters. The van der Waals surface area contributed by atoms with Gasteiger partial charge in [0.25, 0.3) is 0 Å². The molecule has 0 bridgehead atoms. The van der Waals surface area contributed by atoms with E-state index in [1.165, 1.54) is 5.56 Å². The highest BCUT2D eigenvalue weighted by Crippen LogP contribution is 2.10. The Balaban J connectivity index is 2.46. The zero-order valence-electron chi connectivity index (χ0n) is 12.1. The number of carboxylic acids is 1. The highest BCUT2D eigenvalue weighted by molar-refractivity contribution is 5.92. The topological polar surface area (TPSA) is 69.6 Å². The number of rotatable bonds is 8. The molecule has 1 aromatic carbocycles. The molecule has 2 N–H and O–H groups in total. The van der Waals surface area contributed by atoms with Crippen LogP contribution in [0.2, 0.25) is 0 Å². The van der Waals surface area contributed by atoms with Crippen molar-refractivity contribution in [1.29, 1.82) is 0 Å². The summed E-state index contributed by atoms with van der Waals surface area (Å²) in [6.45, 7) is 5.23. The van der Waals surface area contributed by atoms with E-state index in [2.05, 4.69) is 12.2 Å². The molecule has 5 nitrogen and oxygen atoms in total. The first kappa shape index (κ1) is 16.2. The molecule has 0 unspecified atom stereocenters. The van der Waals surface area contributed by atoms with Crippen LogP contribution in [-0.2, 0) is 16.0 Å². The molecule has 1 rings (SSSR count). The Morgan fingerprint density at radius 1 is 1.20 bits per heavy atom. The molecule has 0 spiro atoms. The molecule has 0 aliphatic heterocycles. The van der Waals surface area contributed by atoms with Crippen molar-refractivity contribution in [3.8, 4) is 0 Å². The number of carboxylic acid groups (broad SMARTS) is 1. The number of amides is 1. The minimum absolute atomic E-state index is 0.0479. The first-order valence-corrected chi connectivity index (χ1v) is 6.88. The summed E-state index contributed by atoms with van der Waals surface area (Å²) in [5.74, 6) is -0.972. The van der Waals surface area contributed by atoms with E-state index in [-0.39, 0.29) is 18.9 Å². The molecule has 20 heavy (non-hydrogen) atoms. The number of nitrogens with zero attached hydrogens (tertiary/aromatic N) is 1. The van der Waals surface area contributed by atoms with Crippen LogP contribution in [0, 0.1) is 0 Å². The molecule has 0 heterocycles. The predicted molar refractivity (Wildman–Crippen MR) is 78.8 cm³/mol. The molecule has 0 aromatic heterocycles. The van der Waals surface area contributed by atoms with Crippen LogP contribution in [0.25, 0.3) is 0 Å². The van der Waals surface area contributed by atoms with E-state index in [0.29, 0.717) is 13.1 Å². The van der Waals surface area contributed by atoms with E-state index in [1.54, 1.807) is 0 Å². The number of benzene rings is 1. The molecule has 0 aliphatic rings. The number of hydrogen-bond donors (Lipinski definition) is 2. The Bertz CT molecular complexity index is 443. The Morgan fingerprint density at radius 2 is 1.85 bits per heavy atom. The summed E-state index contributed by atoms with van der Waals surface area (Å²) in [4.78, 5) is 24.2. The summed E-state index contributed by atoms with van der Waals surface area (Å²) in [7, 11) is 0. The first-order chi connectivity index (χ1) is 9.55. The molecule has 1 amide bonds. The van der Waals surface area contributed by atoms with Gasteiger partial charge in [0.05, 0.1) is 13.0 Å². The van der Waals surface area contributed by atoms with Gasteiger partial charge in [0, 0.05) is 12.2 Å². The maximum atomic E-state index is 11.9. The third-order valence-corrected chi connectivity index (χ3v) is 3.10. The Morgan fingerprint density at radius 3 is 2.35 bits per heavy atom. The zero-order valence-corrected chi connectivity index (χ0v) is 12.1. The van der Waals surface area contributed by atoms with Crippen molar-refractivity contribution in [3.05, 3.63) is 29.8 Å². The number of likely N-dealkylation sites (N-methyl/N-ethyl adjacent to an activating group) is 1. The van der Waals surface area contributed by atoms with Gasteiger partial charge in [0.2, 0.25) is 5.91 Å². The summed E-state index contributed by atoms with van der Waals surface area (Å²) in [5, 5.41) is 11.5. The molecule has 0 fully saturated rings. The fourth-order valence-electron chi connectivity index (χ4n) is 1.83. The Hall–Kier alpha value is -1.88. The number of aliphatic carboxylic acids is 1. The van der Waals surface area contributed by atoms with Crippen molar-refractivity contribution < 1.29 is 14.7 Å². The third kappa shape index (κ3) is 5.84. The van der Waals surface area contributed by atoms with Crippen LogP contribution < -0.4 is 5.32 Å². The molecule has 0 aliphatic carbocycles. The van der Waals surface area contributed by atoms with Gasteiger partial charge in [-0.05, 0) is 30.7 Å². The van der Waals surface area contributed by atoms with Gasteiger partial charge < -0.3 is 10.4 Å². The lowest BCUT2D eigenvalue weighted by molar-refractivity contribution is -0.137. The minimum Gasteiger partial charge on any atom is -0.481 e. The van der Waals surface area contributed by atoms with E-state index in [1.807, 2.05) is 36.1 Å². The average Bonchev–Trinajstić information content (AvgIpc) is 2.44. The van der Waals surface area contributed by atoms with Crippen LogP contribution in [0.4, 0.5) is 5.69 Å². The first-order valence-electron chi connectivity index (χ1n) is 6.88. The van der Waals surface area contributed by atoms with Gasteiger partial charge >= 0.3 is 5.97 Å². The Kier molecular flexibility index (Phi) is 6.73. The SMILES string of the molecule is CCc1ccc(NC(=O)CN(CC)CCC(=O)O)cc1. The number of nitrogens with one attached hydrogen (secondary N) is 1. The third-order valence-electron chi connectivity index (χ3n) is 3.10. The summed E-state index contributed by atoms with van der Waals surface area (Å²) < 4.78 is 0. The minimum atomic E-state index is -0.848. The Labute approximate surface area is 119 Å². The smallest absolute Gasteiger partial charge is 0.304 e. The standard InChI is InChI=1S/C15H22N2O3/c1-3-12-5-7-13(8-6-12)16-14(18)11-17(4-2)10-9-15(19)20/h5-8H,3-4,9-11H2,1-2H3,(H,16,18)(H,19,20). The van der Waals surface area contributed by atoms with Gasteiger partial charge in [-0.3, -0.25) is 14.5 Å². The molecular weight excluding hydrogens is 256 g/mol. The lowest BCUT2D eigenvalue weighted by atomic mass is 10.1. The molecule has 110 valence electrons. The fourth-order valence-corrected chi connectivity index (χ4v) is 1.83. The number of aryl methyl sites for hydroxylation is 1. The van der Waals surface area contributed by atoms with Gasteiger partial charge in [0.1, 0.15) is 0 Å². The summed E-state index contributed by atoms with van der Waals surface area (Å²) >= 11 is 0. The number of anilines is 1. The van der Waals surface area contributed by atoms with Gasteiger partial charge in [0.15, 0.2) is 0 Å². The van der Waals surface area contributed by atoms with Crippen LogP contribution in [0.5, 0.6) is 0 Å². The van der Waals surface area contributed by atoms with Crippen LogP contribution >= 0.6 is 0 Å². The second-order valence-electron chi connectivity index (χ2n) is 4.61. The van der Waals surface area contributed by atoms with E-state index < -0.39 is 5.97 Å². The highest BCUT2D eigenvalue weighted by Gasteiger charge is 2.10. The van der Waals surface area contributed by atoms with Gasteiger partial charge in [-0.25, -0.2) is 0 Å². The molecule has 0 saturated carbocycles. The van der Waals surface area contributed by atoms with Gasteiger partial charge in [-0.2, -0.15) is 0 Å². The lowest BCUT2D eigenvalue weighted by Crippen LogP contribution is -2.34. The summed E-state index contributed by atoms with van der Waals surface area (Å²) in [6.07, 6.45) is 1.01. The van der Waals surface area contributed by atoms with E-state index in [4.69, 9.17) is 5.11 Å². The van der Waals surface area contributed by atoms with Gasteiger partial charge in [-0.15, -0.1) is 0 Å². The summed E-state index contributed by atoms with van der Waals surface area (Å²) in [6, 6.07) is 7.73. The number of carbonyl (C=O) groups is 2. The van der Waals surface area contributed by atoms with Crippen molar-refractivity contribution >= 4 is 17.6 Å². The van der Waals surface area contributed by atoms with Crippen LogP contribution in [0.1, 0.15) is 25.8 Å². The molecular formula is C15H22N2O3. The molecule has 1 aromatic rings. The van der Waals surface area contributed by atoms with Crippen molar-refractivity contribution in [3.63, 3.8) is 0 Å². The van der Waals surface area contributed by atoms with Crippen molar-refractivity contribution in [2.45, 2.75) is 26.7 Å².